The van der Waals surface area contributed by atoms with E-state index in [1.807, 2.05) is 0 Å². The highest BCUT2D eigenvalue weighted by Crippen LogP contribution is 2.32. The highest BCUT2D eigenvalue weighted by Gasteiger charge is 2.36. The Balaban J connectivity index is 1.69. The summed E-state index contributed by atoms with van der Waals surface area (Å²) in [5, 5.41) is 0.0888. The van der Waals surface area contributed by atoms with Crippen LogP contribution in [0, 0.1) is 0 Å². The van der Waals surface area contributed by atoms with Gasteiger partial charge in [0.15, 0.2) is 11.0 Å². The van der Waals surface area contributed by atoms with Gasteiger partial charge in [0.1, 0.15) is 0 Å². The Morgan fingerprint density at radius 1 is 0.923 bits per heavy atom. The molecule has 1 aliphatic rings. The molecule has 26 heavy (non-hydrogen) atoms. The molecule has 0 N–H and O–H groups in total. The molecule has 0 saturated carbocycles. The second-order valence-electron chi connectivity index (χ2n) is 5.73. The van der Waals surface area contributed by atoms with Crippen LogP contribution in [0.4, 0.5) is 13.2 Å². The van der Waals surface area contributed by atoms with Crippen LogP contribution in [0.25, 0.3) is 0 Å². The summed E-state index contributed by atoms with van der Waals surface area (Å²) < 4.78 is 44.3. The highest BCUT2D eigenvalue weighted by molar-refractivity contribution is 6.29. The smallest absolute Gasteiger partial charge is 0.417 e. The standard InChI is InChI=1S/C17H14ClF3N2O3/c18-14-6-5-13(26-14)16(25)23-9-7-22(8-10-23)15(24)11-3-1-2-4-12(11)17(19,20)21/h1-6H,7-10H2. The number of nitrogens with zero attached hydrogens (tertiary/aromatic N) is 2. The SMILES string of the molecule is O=C(c1ccc(Cl)o1)N1CCN(C(=O)c2ccccc2C(F)(F)F)CC1. The number of hydrogen-bond acceptors (Lipinski definition) is 3. The topological polar surface area (TPSA) is 53.8 Å². The van der Waals surface area contributed by atoms with Crippen molar-refractivity contribution in [1.82, 2.24) is 9.80 Å². The van der Waals surface area contributed by atoms with Crippen molar-refractivity contribution in [3.8, 4) is 0 Å². The summed E-state index contributed by atoms with van der Waals surface area (Å²) in [7, 11) is 0. The number of amides is 2. The zero-order chi connectivity index (χ0) is 18.9. The quantitative estimate of drug-likeness (QED) is 0.793. The average Bonchev–Trinajstić information content (AvgIpc) is 3.06. The lowest BCUT2D eigenvalue weighted by Gasteiger charge is -2.34. The van der Waals surface area contributed by atoms with Crippen molar-refractivity contribution in [2.45, 2.75) is 6.18 Å². The Morgan fingerprint density at radius 2 is 1.50 bits per heavy atom. The number of benzene rings is 1. The van der Waals surface area contributed by atoms with Crippen molar-refractivity contribution >= 4 is 23.4 Å². The van der Waals surface area contributed by atoms with E-state index in [4.69, 9.17) is 16.0 Å². The lowest BCUT2D eigenvalue weighted by molar-refractivity contribution is -0.138. The van der Waals surface area contributed by atoms with E-state index < -0.39 is 23.2 Å². The van der Waals surface area contributed by atoms with Gasteiger partial charge in [-0.2, -0.15) is 13.2 Å². The maximum Gasteiger partial charge on any atom is 0.417 e. The van der Waals surface area contributed by atoms with E-state index in [1.165, 1.54) is 34.1 Å². The van der Waals surface area contributed by atoms with Crippen molar-refractivity contribution in [3.63, 3.8) is 0 Å². The minimum absolute atomic E-state index is 0.0807. The molecule has 0 radical (unpaired) electrons. The summed E-state index contributed by atoms with van der Waals surface area (Å²) in [6.07, 6.45) is -4.61. The number of piperazine rings is 1. The molecule has 3 rings (SSSR count). The van der Waals surface area contributed by atoms with Gasteiger partial charge in [-0.1, -0.05) is 12.1 Å². The van der Waals surface area contributed by atoms with Crippen LogP contribution in [0.2, 0.25) is 5.22 Å². The van der Waals surface area contributed by atoms with Crippen LogP contribution < -0.4 is 0 Å². The molecule has 0 bridgehead atoms. The van der Waals surface area contributed by atoms with E-state index in [2.05, 4.69) is 0 Å². The van der Waals surface area contributed by atoms with E-state index in [-0.39, 0.29) is 43.1 Å². The fourth-order valence-electron chi connectivity index (χ4n) is 2.78. The van der Waals surface area contributed by atoms with Crippen LogP contribution in [-0.2, 0) is 6.18 Å². The summed E-state index contributed by atoms with van der Waals surface area (Å²) in [5.41, 5.74) is -1.36. The Morgan fingerprint density at radius 3 is 2.04 bits per heavy atom. The molecule has 0 unspecified atom stereocenters. The molecular weight excluding hydrogens is 373 g/mol. The number of carbonyl (C=O) groups is 2. The van der Waals surface area contributed by atoms with Gasteiger partial charge >= 0.3 is 6.18 Å². The van der Waals surface area contributed by atoms with Gasteiger partial charge in [0.2, 0.25) is 0 Å². The maximum absolute atomic E-state index is 13.1. The molecule has 2 heterocycles. The van der Waals surface area contributed by atoms with Crippen LogP contribution in [-0.4, -0.2) is 47.8 Å². The molecule has 9 heteroatoms. The lowest BCUT2D eigenvalue weighted by atomic mass is 10.1. The zero-order valence-electron chi connectivity index (χ0n) is 13.4. The van der Waals surface area contributed by atoms with Gasteiger partial charge in [0.05, 0.1) is 11.1 Å². The first-order chi connectivity index (χ1) is 12.3. The predicted octanol–water partition coefficient (Wildman–Crippen LogP) is 3.55. The van der Waals surface area contributed by atoms with Crippen LogP contribution in [0.3, 0.4) is 0 Å². The number of carbonyl (C=O) groups excluding carboxylic acids is 2. The summed E-state index contributed by atoms with van der Waals surface area (Å²) in [5.74, 6) is -0.997. The van der Waals surface area contributed by atoms with Crippen LogP contribution in [0.1, 0.15) is 26.5 Å². The molecule has 0 spiro atoms. The number of rotatable bonds is 2. The third kappa shape index (κ3) is 3.70. The van der Waals surface area contributed by atoms with E-state index in [0.29, 0.717) is 0 Å². The minimum atomic E-state index is -4.61. The van der Waals surface area contributed by atoms with E-state index in [1.54, 1.807) is 0 Å². The predicted molar refractivity (Wildman–Crippen MR) is 87.0 cm³/mol. The molecule has 0 atom stereocenters. The largest absolute Gasteiger partial charge is 0.440 e. The van der Waals surface area contributed by atoms with E-state index >= 15 is 0 Å². The molecule has 1 aromatic carbocycles. The number of furan rings is 1. The number of halogens is 4. The van der Waals surface area contributed by atoms with Crippen LogP contribution in [0.5, 0.6) is 0 Å². The second kappa shape index (κ2) is 7.03. The Kier molecular flexibility index (Phi) is 4.95. The summed E-state index contributed by atoms with van der Waals surface area (Å²) in [6.45, 7) is 0.643. The zero-order valence-corrected chi connectivity index (χ0v) is 14.2. The second-order valence-corrected chi connectivity index (χ2v) is 6.10. The number of alkyl halides is 3. The third-order valence-corrected chi connectivity index (χ3v) is 4.30. The van der Waals surface area contributed by atoms with Gasteiger partial charge in [-0.15, -0.1) is 0 Å². The van der Waals surface area contributed by atoms with Crippen LogP contribution >= 0.6 is 11.6 Å². The third-order valence-electron chi connectivity index (χ3n) is 4.10. The molecule has 1 aliphatic heterocycles. The van der Waals surface area contributed by atoms with Gasteiger partial charge in [0, 0.05) is 26.2 Å². The Labute approximate surface area is 151 Å². The Hall–Kier alpha value is -2.48. The Bertz CT molecular complexity index is 827. The van der Waals surface area contributed by atoms with Gasteiger partial charge in [-0.25, -0.2) is 0 Å². The molecule has 0 aliphatic carbocycles. The van der Waals surface area contributed by atoms with Gasteiger partial charge in [-0.05, 0) is 35.9 Å². The fraction of sp³-hybridized carbons (Fsp3) is 0.294. The first kappa shape index (κ1) is 18.3. The molecule has 2 aromatic rings. The molecule has 1 fully saturated rings. The van der Waals surface area contributed by atoms with Gasteiger partial charge in [0.25, 0.3) is 11.8 Å². The minimum Gasteiger partial charge on any atom is -0.440 e. The van der Waals surface area contributed by atoms with Crippen molar-refractivity contribution in [2.75, 3.05) is 26.2 Å². The average molecular weight is 387 g/mol. The van der Waals surface area contributed by atoms with Crippen molar-refractivity contribution in [3.05, 3.63) is 58.5 Å². The highest BCUT2D eigenvalue weighted by atomic mass is 35.5. The fourth-order valence-corrected chi connectivity index (χ4v) is 2.93. The first-order valence-electron chi connectivity index (χ1n) is 7.77. The van der Waals surface area contributed by atoms with E-state index in [0.717, 1.165) is 12.1 Å². The number of hydrogen-bond donors (Lipinski definition) is 0. The monoisotopic (exact) mass is 386 g/mol. The van der Waals surface area contributed by atoms with Crippen LogP contribution in [0.15, 0.2) is 40.8 Å². The summed E-state index contributed by atoms with van der Waals surface area (Å²) in [4.78, 5) is 27.5. The first-order valence-corrected chi connectivity index (χ1v) is 8.15. The van der Waals surface area contributed by atoms with Crippen molar-refractivity contribution in [1.29, 1.82) is 0 Å². The molecule has 1 aromatic heterocycles. The van der Waals surface area contributed by atoms with Gasteiger partial charge in [-0.3, -0.25) is 9.59 Å². The molecule has 1 saturated heterocycles. The normalized spacial score (nSPS) is 15.2. The lowest BCUT2D eigenvalue weighted by Crippen LogP contribution is -2.50. The van der Waals surface area contributed by atoms with Crippen molar-refractivity contribution < 1.29 is 27.2 Å². The molecule has 138 valence electrons. The van der Waals surface area contributed by atoms with Gasteiger partial charge < -0.3 is 14.2 Å². The molecular formula is C17H14ClF3N2O3. The molecule has 2 amide bonds. The van der Waals surface area contributed by atoms with Crippen molar-refractivity contribution in [2.24, 2.45) is 0 Å². The van der Waals surface area contributed by atoms with E-state index in [9.17, 15) is 22.8 Å². The maximum atomic E-state index is 13.1. The summed E-state index contributed by atoms with van der Waals surface area (Å²) in [6, 6.07) is 7.57. The molecule has 5 nitrogen and oxygen atoms in total. The summed E-state index contributed by atoms with van der Waals surface area (Å²) >= 11 is 5.65.